The molecule has 2 N–H and O–H groups in total. The molecule has 1 saturated heterocycles. The number of pyridine rings is 2. The van der Waals surface area contributed by atoms with Gasteiger partial charge in [0.15, 0.2) is 5.82 Å². The van der Waals surface area contributed by atoms with Crippen LogP contribution in [0.3, 0.4) is 0 Å². The van der Waals surface area contributed by atoms with Crippen LogP contribution in [0.4, 0.5) is 25.3 Å². The summed E-state index contributed by atoms with van der Waals surface area (Å²) in [6.07, 6.45) is 5.15. The van der Waals surface area contributed by atoms with E-state index in [4.69, 9.17) is 4.74 Å². The zero-order chi connectivity index (χ0) is 29.8. The van der Waals surface area contributed by atoms with E-state index in [9.17, 15) is 14.3 Å². The number of carbonyl (C=O) groups is 1. The summed E-state index contributed by atoms with van der Waals surface area (Å²) in [6.45, 7) is 7.07. The highest BCUT2D eigenvalue weighted by Gasteiger charge is 2.25. The van der Waals surface area contributed by atoms with Gasteiger partial charge < -0.3 is 20.1 Å². The van der Waals surface area contributed by atoms with Gasteiger partial charge in [-0.1, -0.05) is 19.4 Å². The first-order valence-corrected chi connectivity index (χ1v) is 14.2. The van der Waals surface area contributed by atoms with Gasteiger partial charge in [-0.2, -0.15) is 0 Å². The molecule has 1 aromatic carbocycles. The third-order valence-electron chi connectivity index (χ3n) is 7.47. The lowest BCUT2D eigenvalue weighted by molar-refractivity contribution is 0.0916. The van der Waals surface area contributed by atoms with Gasteiger partial charge in [0.2, 0.25) is 5.95 Å². The number of nitrogens with one attached hydrogen (secondary N) is 1. The molecule has 0 radical (unpaired) electrons. The number of carbonyl (C=O) groups excluding carboxylic acids is 1. The number of likely N-dealkylation sites (tertiary alicyclic amines) is 1. The number of ether oxygens (including phenoxy) is 1. The van der Waals surface area contributed by atoms with Crippen molar-refractivity contribution in [3.8, 4) is 11.3 Å². The van der Waals surface area contributed by atoms with Crippen LogP contribution < -0.4 is 5.32 Å². The lowest BCUT2D eigenvalue weighted by atomic mass is 9.91. The molecule has 5 rings (SSSR count). The maximum atomic E-state index is 15.1. The zero-order valence-electron chi connectivity index (χ0n) is 23.9. The SMILES string of the molecule is CCCCOC(=O)N1CCC(c2ccc(Nc3ncc(F)c(-c4cc(F)c5nc(C)cc(C(C)O)c5c4)n3)nc2)CC1. The van der Waals surface area contributed by atoms with Crippen molar-refractivity contribution in [3.63, 3.8) is 0 Å². The second-order valence-corrected chi connectivity index (χ2v) is 10.6. The third kappa shape index (κ3) is 6.46. The molecule has 0 saturated carbocycles. The molecule has 1 unspecified atom stereocenters. The van der Waals surface area contributed by atoms with Gasteiger partial charge in [0.1, 0.15) is 22.8 Å². The van der Waals surface area contributed by atoms with E-state index in [0.29, 0.717) is 42.2 Å². The minimum atomic E-state index is -0.870. The van der Waals surface area contributed by atoms with Gasteiger partial charge in [0.05, 0.1) is 18.9 Å². The lowest BCUT2D eigenvalue weighted by Gasteiger charge is -2.31. The molecule has 0 bridgehead atoms. The van der Waals surface area contributed by atoms with E-state index in [1.54, 1.807) is 43.1 Å². The Morgan fingerprint density at radius 1 is 1.12 bits per heavy atom. The van der Waals surface area contributed by atoms with Crippen LogP contribution in [0, 0.1) is 18.6 Å². The number of hydrogen-bond donors (Lipinski definition) is 2. The Morgan fingerprint density at radius 3 is 2.60 bits per heavy atom. The molecule has 0 aliphatic carbocycles. The topological polar surface area (TPSA) is 113 Å². The van der Waals surface area contributed by atoms with E-state index < -0.39 is 17.7 Å². The van der Waals surface area contributed by atoms with E-state index >= 15 is 4.39 Å². The van der Waals surface area contributed by atoms with Crippen LogP contribution in [0.5, 0.6) is 0 Å². The van der Waals surface area contributed by atoms with Crippen LogP contribution in [0.2, 0.25) is 0 Å². The van der Waals surface area contributed by atoms with E-state index in [1.807, 2.05) is 6.07 Å². The predicted octanol–water partition coefficient (Wildman–Crippen LogP) is 6.59. The zero-order valence-corrected chi connectivity index (χ0v) is 23.9. The second-order valence-electron chi connectivity index (χ2n) is 10.6. The summed E-state index contributed by atoms with van der Waals surface area (Å²) in [5.74, 6) is -0.527. The number of aryl methyl sites for hydroxylation is 1. The molecule has 11 heteroatoms. The number of amides is 1. The number of aliphatic hydroxyl groups excluding tert-OH is 1. The van der Waals surface area contributed by atoms with E-state index in [2.05, 4.69) is 32.2 Å². The number of fused-ring (bicyclic) bond motifs is 1. The molecule has 4 aromatic rings. The molecular weight excluding hydrogens is 542 g/mol. The average Bonchev–Trinajstić information content (AvgIpc) is 2.98. The van der Waals surface area contributed by atoms with Crippen LogP contribution in [-0.2, 0) is 4.74 Å². The average molecular weight is 577 g/mol. The molecule has 42 heavy (non-hydrogen) atoms. The minimum Gasteiger partial charge on any atom is -0.449 e. The van der Waals surface area contributed by atoms with E-state index in [-0.39, 0.29) is 34.7 Å². The molecule has 0 spiro atoms. The van der Waals surface area contributed by atoms with Crippen molar-refractivity contribution in [3.05, 3.63) is 71.2 Å². The van der Waals surface area contributed by atoms with Crippen molar-refractivity contribution in [1.29, 1.82) is 0 Å². The molecule has 1 amide bonds. The summed E-state index contributed by atoms with van der Waals surface area (Å²) < 4.78 is 35.3. The van der Waals surface area contributed by atoms with Crippen molar-refractivity contribution < 1.29 is 23.4 Å². The van der Waals surface area contributed by atoms with Gasteiger partial charge >= 0.3 is 6.09 Å². The summed E-state index contributed by atoms with van der Waals surface area (Å²) in [5, 5.41) is 13.6. The predicted molar refractivity (Wildman–Crippen MR) is 155 cm³/mol. The molecule has 1 aliphatic heterocycles. The highest BCUT2D eigenvalue weighted by Crippen LogP contribution is 2.32. The highest BCUT2D eigenvalue weighted by molar-refractivity contribution is 5.88. The Balaban J connectivity index is 1.29. The number of unbranched alkanes of at least 4 members (excludes halogenated alkanes) is 1. The van der Waals surface area contributed by atoms with Gasteiger partial charge in [-0.25, -0.2) is 28.5 Å². The smallest absolute Gasteiger partial charge is 0.409 e. The number of halogens is 2. The largest absolute Gasteiger partial charge is 0.449 e. The number of benzene rings is 1. The quantitative estimate of drug-likeness (QED) is 0.226. The Bertz CT molecular complexity index is 1570. The molecule has 9 nitrogen and oxygen atoms in total. The number of aromatic nitrogens is 4. The van der Waals surface area contributed by atoms with Gasteiger partial charge in [-0.3, -0.25) is 4.98 Å². The van der Waals surface area contributed by atoms with E-state index in [0.717, 1.165) is 37.4 Å². The van der Waals surface area contributed by atoms with Crippen molar-refractivity contribution in [1.82, 2.24) is 24.8 Å². The first-order valence-electron chi connectivity index (χ1n) is 14.2. The molecule has 220 valence electrons. The number of hydrogen-bond acceptors (Lipinski definition) is 8. The van der Waals surface area contributed by atoms with Crippen molar-refractivity contribution in [2.24, 2.45) is 0 Å². The summed E-state index contributed by atoms with van der Waals surface area (Å²) in [4.78, 5) is 31.1. The van der Waals surface area contributed by atoms with Gasteiger partial charge in [-0.05, 0) is 74.4 Å². The number of aliphatic hydroxyl groups is 1. The Kier molecular flexibility index (Phi) is 8.86. The molecule has 3 aromatic heterocycles. The van der Waals surface area contributed by atoms with Crippen molar-refractivity contribution >= 4 is 28.8 Å². The molecule has 4 heterocycles. The second kappa shape index (κ2) is 12.7. The molecule has 1 fully saturated rings. The Labute approximate surface area is 243 Å². The van der Waals surface area contributed by atoms with E-state index in [1.165, 1.54) is 6.07 Å². The first-order chi connectivity index (χ1) is 20.2. The number of anilines is 2. The van der Waals surface area contributed by atoms with Gasteiger partial charge in [0.25, 0.3) is 0 Å². The number of nitrogens with zero attached hydrogens (tertiary/aromatic N) is 5. The van der Waals surface area contributed by atoms with Gasteiger partial charge in [0, 0.05) is 35.9 Å². The van der Waals surface area contributed by atoms with Crippen molar-refractivity contribution in [2.75, 3.05) is 25.0 Å². The summed E-state index contributed by atoms with van der Waals surface area (Å²) in [5.41, 5.74) is 2.32. The summed E-state index contributed by atoms with van der Waals surface area (Å²) in [6, 6.07) is 8.20. The van der Waals surface area contributed by atoms with Gasteiger partial charge in [-0.15, -0.1) is 0 Å². The standard InChI is InChI=1S/C31H34F2N6O3/c1-4-5-12-42-31(41)39-10-8-20(9-11-39)21-6-7-27(34-16-21)37-30-35-17-26(33)28(38-30)22-14-24-23(19(3)40)13-18(2)36-29(24)25(32)15-22/h6-7,13-17,19-20,40H,4-5,8-12H2,1-3H3,(H,34,35,37,38). The Hall–Kier alpha value is -4.25. The minimum absolute atomic E-state index is 0.0954. The van der Waals surface area contributed by atoms with Crippen LogP contribution >= 0.6 is 0 Å². The lowest BCUT2D eigenvalue weighted by Crippen LogP contribution is -2.38. The maximum absolute atomic E-state index is 15.1. The summed E-state index contributed by atoms with van der Waals surface area (Å²) >= 11 is 0. The normalized spacial score (nSPS) is 14.7. The third-order valence-corrected chi connectivity index (χ3v) is 7.47. The summed E-state index contributed by atoms with van der Waals surface area (Å²) in [7, 11) is 0. The molecule has 1 aliphatic rings. The maximum Gasteiger partial charge on any atom is 0.409 e. The van der Waals surface area contributed by atoms with Crippen LogP contribution in [0.15, 0.2) is 42.7 Å². The fraction of sp³-hybridized carbons (Fsp3) is 0.387. The number of piperidine rings is 1. The van der Waals surface area contributed by atoms with Crippen LogP contribution in [0.1, 0.15) is 68.4 Å². The highest BCUT2D eigenvalue weighted by atomic mass is 19.1. The first kappa shape index (κ1) is 29.2. The number of rotatable bonds is 8. The van der Waals surface area contributed by atoms with Crippen LogP contribution in [0.25, 0.3) is 22.2 Å². The fourth-order valence-electron chi connectivity index (χ4n) is 5.18. The monoisotopic (exact) mass is 576 g/mol. The van der Waals surface area contributed by atoms with Crippen molar-refractivity contribution in [2.45, 2.75) is 58.5 Å². The van der Waals surface area contributed by atoms with Crippen LogP contribution in [-0.4, -0.2) is 55.7 Å². The molecule has 1 atom stereocenters. The molecular formula is C31H34F2N6O3. The Morgan fingerprint density at radius 2 is 1.90 bits per heavy atom. The fourth-order valence-corrected chi connectivity index (χ4v) is 5.18.